The highest BCUT2D eigenvalue weighted by atomic mass is 16.6. The highest BCUT2D eigenvalue weighted by molar-refractivity contribution is 5.64. The molecule has 1 heterocycles. The van der Waals surface area contributed by atoms with Gasteiger partial charge in [-0.2, -0.15) is 0 Å². The van der Waals surface area contributed by atoms with Gasteiger partial charge in [-0.05, 0) is 31.9 Å². The third kappa shape index (κ3) is 2.96. The maximum Gasteiger partial charge on any atom is 0.276 e. The van der Waals surface area contributed by atoms with Crippen LogP contribution in [0.5, 0.6) is 0 Å². The van der Waals surface area contributed by atoms with Gasteiger partial charge in [0, 0.05) is 12.1 Å². The van der Waals surface area contributed by atoms with Crippen molar-refractivity contribution in [2.75, 3.05) is 6.54 Å². The van der Waals surface area contributed by atoms with Crippen LogP contribution in [0.15, 0.2) is 24.3 Å². The van der Waals surface area contributed by atoms with Gasteiger partial charge in [0.1, 0.15) is 0 Å². The molecular formula is C14H18N2O2. The van der Waals surface area contributed by atoms with Crippen molar-refractivity contribution in [2.45, 2.75) is 32.2 Å². The van der Waals surface area contributed by atoms with E-state index in [0.29, 0.717) is 6.04 Å². The van der Waals surface area contributed by atoms with Crippen molar-refractivity contribution in [3.05, 3.63) is 45.5 Å². The fourth-order valence-electron chi connectivity index (χ4n) is 2.30. The van der Waals surface area contributed by atoms with Crippen LogP contribution in [0, 0.1) is 17.0 Å². The van der Waals surface area contributed by atoms with E-state index in [2.05, 4.69) is 11.4 Å². The Morgan fingerprint density at radius 1 is 1.44 bits per heavy atom. The molecule has 0 spiro atoms. The fourth-order valence-corrected chi connectivity index (χ4v) is 2.30. The first kappa shape index (κ1) is 12.8. The Kier molecular flexibility index (Phi) is 4.10. The molecule has 0 aromatic heterocycles. The van der Waals surface area contributed by atoms with Gasteiger partial charge in [0.15, 0.2) is 0 Å². The predicted molar refractivity (Wildman–Crippen MR) is 72.5 cm³/mol. The van der Waals surface area contributed by atoms with Crippen LogP contribution in [0.1, 0.15) is 30.4 Å². The molecule has 1 unspecified atom stereocenters. The predicted octanol–water partition coefficient (Wildman–Crippen LogP) is 3.06. The van der Waals surface area contributed by atoms with E-state index in [-0.39, 0.29) is 10.6 Å². The summed E-state index contributed by atoms with van der Waals surface area (Å²) in [6.07, 6.45) is 7.48. The minimum atomic E-state index is -0.318. The zero-order valence-corrected chi connectivity index (χ0v) is 10.6. The van der Waals surface area contributed by atoms with Crippen LogP contribution in [0.2, 0.25) is 0 Å². The van der Waals surface area contributed by atoms with Gasteiger partial charge in [0.2, 0.25) is 0 Å². The Balaban J connectivity index is 2.21. The van der Waals surface area contributed by atoms with Crippen LogP contribution in [0.25, 0.3) is 6.08 Å². The summed E-state index contributed by atoms with van der Waals surface area (Å²) in [6.45, 7) is 2.94. The smallest absolute Gasteiger partial charge is 0.276 e. The van der Waals surface area contributed by atoms with Gasteiger partial charge in [-0.25, -0.2) is 0 Å². The fraction of sp³-hybridized carbons (Fsp3) is 0.429. The molecule has 1 saturated heterocycles. The van der Waals surface area contributed by atoms with E-state index >= 15 is 0 Å². The monoisotopic (exact) mass is 246 g/mol. The number of aryl methyl sites for hydroxylation is 1. The zero-order chi connectivity index (χ0) is 13.0. The molecule has 1 atom stereocenters. The van der Waals surface area contributed by atoms with E-state index in [9.17, 15) is 10.1 Å². The second kappa shape index (κ2) is 5.78. The van der Waals surface area contributed by atoms with Crippen molar-refractivity contribution >= 4 is 11.8 Å². The topological polar surface area (TPSA) is 55.2 Å². The molecule has 1 fully saturated rings. The Morgan fingerprint density at radius 3 is 2.94 bits per heavy atom. The Hall–Kier alpha value is -1.68. The van der Waals surface area contributed by atoms with Crippen LogP contribution >= 0.6 is 0 Å². The molecule has 0 saturated carbocycles. The van der Waals surface area contributed by atoms with Gasteiger partial charge in [0.05, 0.1) is 10.5 Å². The second-order valence-electron chi connectivity index (χ2n) is 4.68. The van der Waals surface area contributed by atoms with Crippen molar-refractivity contribution in [1.82, 2.24) is 5.32 Å². The summed E-state index contributed by atoms with van der Waals surface area (Å²) in [5, 5.41) is 14.4. The third-order valence-corrected chi connectivity index (χ3v) is 3.34. The molecule has 1 N–H and O–H groups in total. The summed E-state index contributed by atoms with van der Waals surface area (Å²) in [5.74, 6) is 0. The lowest BCUT2D eigenvalue weighted by molar-refractivity contribution is -0.385. The number of nitro benzene ring substituents is 1. The minimum Gasteiger partial charge on any atom is -0.311 e. The highest BCUT2D eigenvalue weighted by Crippen LogP contribution is 2.23. The Labute approximate surface area is 107 Å². The van der Waals surface area contributed by atoms with Crippen LogP contribution in [0.3, 0.4) is 0 Å². The molecular weight excluding hydrogens is 228 g/mol. The minimum absolute atomic E-state index is 0.182. The molecule has 1 aliphatic rings. The SMILES string of the molecule is Cc1cccc([N+](=O)[O-])c1C=CC1CCCCN1. The quantitative estimate of drug-likeness (QED) is 0.658. The van der Waals surface area contributed by atoms with Crippen molar-refractivity contribution in [3.8, 4) is 0 Å². The number of hydrogen-bond acceptors (Lipinski definition) is 3. The molecule has 1 aromatic rings. The summed E-state index contributed by atoms with van der Waals surface area (Å²) in [5.41, 5.74) is 1.84. The average molecular weight is 246 g/mol. The molecule has 1 aromatic carbocycles. The van der Waals surface area contributed by atoms with Crippen molar-refractivity contribution in [3.63, 3.8) is 0 Å². The maximum absolute atomic E-state index is 11.0. The van der Waals surface area contributed by atoms with Gasteiger partial charge in [-0.1, -0.05) is 30.7 Å². The zero-order valence-electron chi connectivity index (χ0n) is 10.6. The van der Waals surface area contributed by atoms with E-state index in [4.69, 9.17) is 0 Å². The lowest BCUT2D eigenvalue weighted by Gasteiger charge is -2.20. The van der Waals surface area contributed by atoms with Gasteiger partial charge in [0.25, 0.3) is 5.69 Å². The van der Waals surface area contributed by atoms with Crippen LogP contribution < -0.4 is 5.32 Å². The summed E-state index contributed by atoms with van der Waals surface area (Å²) in [4.78, 5) is 10.7. The van der Waals surface area contributed by atoms with Crippen LogP contribution in [-0.4, -0.2) is 17.5 Å². The van der Waals surface area contributed by atoms with Gasteiger partial charge < -0.3 is 5.32 Å². The Morgan fingerprint density at radius 2 is 2.28 bits per heavy atom. The van der Waals surface area contributed by atoms with Gasteiger partial charge >= 0.3 is 0 Å². The summed E-state index contributed by atoms with van der Waals surface area (Å²) in [7, 11) is 0. The highest BCUT2D eigenvalue weighted by Gasteiger charge is 2.14. The van der Waals surface area contributed by atoms with Crippen molar-refractivity contribution in [1.29, 1.82) is 0 Å². The summed E-state index contributed by atoms with van der Waals surface area (Å²) >= 11 is 0. The number of piperidine rings is 1. The van der Waals surface area contributed by atoms with Crippen molar-refractivity contribution < 1.29 is 4.92 Å². The third-order valence-electron chi connectivity index (χ3n) is 3.34. The number of benzene rings is 1. The number of nitrogens with one attached hydrogen (secondary N) is 1. The molecule has 0 amide bonds. The Bertz CT molecular complexity index is 463. The summed E-state index contributed by atoms with van der Waals surface area (Å²) < 4.78 is 0. The number of hydrogen-bond donors (Lipinski definition) is 1. The summed E-state index contributed by atoms with van der Waals surface area (Å²) in [6, 6.07) is 5.53. The first-order valence-electron chi connectivity index (χ1n) is 6.34. The van der Waals surface area contributed by atoms with E-state index < -0.39 is 0 Å². The maximum atomic E-state index is 11.0. The average Bonchev–Trinajstić information content (AvgIpc) is 2.38. The molecule has 18 heavy (non-hydrogen) atoms. The lowest BCUT2D eigenvalue weighted by Crippen LogP contribution is -2.32. The molecule has 0 aliphatic carbocycles. The van der Waals surface area contributed by atoms with E-state index in [1.54, 1.807) is 12.1 Å². The first-order chi connectivity index (χ1) is 8.68. The lowest BCUT2D eigenvalue weighted by atomic mass is 10.0. The second-order valence-corrected chi connectivity index (χ2v) is 4.68. The van der Waals surface area contributed by atoms with Gasteiger partial charge in [-0.3, -0.25) is 10.1 Å². The standard InChI is InChI=1S/C14H18N2O2/c1-11-5-4-7-14(16(17)18)13(11)9-8-12-6-2-3-10-15-12/h4-5,7-9,12,15H,2-3,6,10H2,1H3. The molecule has 4 nitrogen and oxygen atoms in total. The van der Waals surface area contributed by atoms with Gasteiger partial charge in [-0.15, -0.1) is 0 Å². The van der Waals surface area contributed by atoms with Crippen LogP contribution in [0.4, 0.5) is 5.69 Å². The van der Waals surface area contributed by atoms with Crippen LogP contribution in [-0.2, 0) is 0 Å². The van der Waals surface area contributed by atoms with Crippen molar-refractivity contribution in [2.24, 2.45) is 0 Å². The molecule has 96 valence electrons. The molecule has 1 aliphatic heterocycles. The number of nitro groups is 1. The number of rotatable bonds is 3. The molecule has 4 heteroatoms. The largest absolute Gasteiger partial charge is 0.311 e. The van der Waals surface area contributed by atoms with E-state index in [1.807, 2.05) is 19.1 Å². The van der Waals surface area contributed by atoms with E-state index in [1.165, 1.54) is 12.8 Å². The molecule has 0 radical (unpaired) electrons. The normalized spacial score (nSPS) is 20.2. The van der Waals surface area contributed by atoms with E-state index in [0.717, 1.165) is 24.1 Å². The number of nitrogens with zero attached hydrogens (tertiary/aromatic N) is 1. The molecule has 0 bridgehead atoms. The molecule has 2 rings (SSSR count). The first-order valence-corrected chi connectivity index (χ1v) is 6.34.